The van der Waals surface area contributed by atoms with Crippen LogP contribution in [0.3, 0.4) is 0 Å². The average molecular weight is 410 g/mol. The molecule has 6 rings (SSSR count). The lowest BCUT2D eigenvalue weighted by molar-refractivity contribution is 0.174. The number of rotatable bonds is 5. The number of nitrogens with zero attached hydrogens (tertiary/aromatic N) is 2. The summed E-state index contributed by atoms with van der Waals surface area (Å²) >= 11 is 0. The van der Waals surface area contributed by atoms with Crippen LogP contribution in [-0.4, -0.2) is 16.8 Å². The molecule has 1 aliphatic rings. The van der Waals surface area contributed by atoms with Crippen LogP contribution >= 0.6 is 0 Å². The number of furan rings is 1. The summed E-state index contributed by atoms with van der Waals surface area (Å²) in [5.41, 5.74) is 5.29. The van der Waals surface area contributed by atoms with Gasteiger partial charge in [-0.3, -0.25) is 0 Å². The molecule has 0 saturated heterocycles. The summed E-state index contributed by atoms with van der Waals surface area (Å²) in [6.45, 7) is 0.974. The highest BCUT2D eigenvalue weighted by molar-refractivity contribution is 6.05. The Morgan fingerprint density at radius 1 is 0.839 bits per heavy atom. The molecule has 0 spiro atoms. The summed E-state index contributed by atoms with van der Waals surface area (Å²) in [4.78, 5) is 8.76. The van der Waals surface area contributed by atoms with E-state index in [-0.39, 0.29) is 6.79 Å². The van der Waals surface area contributed by atoms with Gasteiger partial charge < -0.3 is 24.5 Å². The summed E-state index contributed by atoms with van der Waals surface area (Å²) in [6.07, 6.45) is 1.55. The molecule has 0 bridgehead atoms. The van der Waals surface area contributed by atoms with Crippen molar-refractivity contribution < 1.29 is 13.9 Å². The third-order valence-corrected chi connectivity index (χ3v) is 5.24. The van der Waals surface area contributed by atoms with Gasteiger partial charge in [0.1, 0.15) is 17.4 Å². The van der Waals surface area contributed by atoms with Crippen molar-refractivity contribution in [1.82, 2.24) is 9.97 Å². The molecule has 3 aromatic carbocycles. The van der Waals surface area contributed by atoms with Crippen LogP contribution in [-0.2, 0) is 6.54 Å². The van der Waals surface area contributed by atoms with Crippen molar-refractivity contribution in [3.8, 4) is 11.5 Å². The molecule has 7 nitrogen and oxygen atoms in total. The van der Waals surface area contributed by atoms with E-state index in [2.05, 4.69) is 20.6 Å². The highest BCUT2D eigenvalue weighted by Gasteiger charge is 2.14. The van der Waals surface area contributed by atoms with E-state index in [4.69, 9.17) is 13.9 Å². The van der Waals surface area contributed by atoms with Crippen LogP contribution in [0.25, 0.3) is 22.1 Å². The molecular formula is C24H18N4O3. The van der Waals surface area contributed by atoms with Crippen molar-refractivity contribution in [3.63, 3.8) is 0 Å². The zero-order valence-electron chi connectivity index (χ0n) is 16.5. The van der Waals surface area contributed by atoms with Crippen LogP contribution in [0.4, 0.5) is 17.2 Å². The molecule has 152 valence electrons. The lowest BCUT2D eigenvalue weighted by Crippen LogP contribution is -2.00. The molecule has 0 amide bonds. The van der Waals surface area contributed by atoms with Gasteiger partial charge in [-0.15, -0.1) is 0 Å². The van der Waals surface area contributed by atoms with Crippen LogP contribution in [0.2, 0.25) is 0 Å². The largest absolute Gasteiger partial charge is 0.454 e. The fourth-order valence-electron chi connectivity index (χ4n) is 3.68. The number of fused-ring (bicyclic) bond motifs is 4. The SMILES string of the molecule is c1ccc2c(c1)oc1c(Nc3ccc(NCc4ccc5c(c4)OCO5)cc3)ncnc12. The molecule has 0 fully saturated rings. The second kappa shape index (κ2) is 7.21. The molecule has 0 saturated carbocycles. The van der Waals surface area contributed by atoms with Crippen molar-refractivity contribution >= 4 is 39.3 Å². The van der Waals surface area contributed by atoms with Gasteiger partial charge in [0.05, 0.1) is 0 Å². The van der Waals surface area contributed by atoms with Gasteiger partial charge in [-0.1, -0.05) is 18.2 Å². The fourth-order valence-corrected chi connectivity index (χ4v) is 3.68. The molecule has 5 aromatic rings. The molecule has 0 radical (unpaired) electrons. The molecule has 0 unspecified atom stereocenters. The van der Waals surface area contributed by atoms with Crippen LogP contribution < -0.4 is 20.1 Å². The maximum atomic E-state index is 5.98. The van der Waals surface area contributed by atoms with Crippen LogP contribution in [0.15, 0.2) is 77.5 Å². The van der Waals surface area contributed by atoms with E-state index in [9.17, 15) is 0 Å². The minimum atomic E-state index is 0.285. The molecule has 2 aromatic heterocycles. The predicted molar refractivity (Wildman–Crippen MR) is 119 cm³/mol. The van der Waals surface area contributed by atoms with Gasteiger partial charge in [0.25, 0.3) is 0 Å². The second-order valence-electron chi connectivity index (χ2n) is 7.24. The number of para-hydroxylation sites is 1. The minimum absolute atomic E-state index is 0.285. The molecule has 31 heavy (non-hydrogen) atoms. The Kier molecular flexibility index (Phi) is 4.09. The van der Waals surface area contributed by atoms with Crippen molar-refractivity contribution in [2.75, 3.05) is 17.4 Å². The number of ether oxygens (including phenoxy) is 2. The number of hydrogen-bond donors (Lipinski definition) is 2. The second-order valence-corrected chi connectivity index (χ2v) is 7.24. The first-order valence-electron chi connectivity index (χ1n) is 9.95. The number of nitrogens with one attached hydrogen (secondary N) is 2. The van der Waals surface area contributed by atoms with E-state index in [1.54, 1.807) is 6.33 Å². The Balaban J connectivity index is 1.18. The van der Waals surface area contributed by atoms with E-state index < -0.39 is 0 Å². The maximum Gasteiger partial charge on any atom is 0.231 e. The summed E-state index contributed by atoms with van der Waals surface area (Å²) in [5, 5.41) is 7.73. The lowest BCUT2D eigenvalue weighted by Gasteiger charge is -2.09. The van der Waals surface area contributed by atoms with E-state index in [1.165, 1.54) is 0 Å². The van der Waals surface area contributed by atoms with Crippen LogP contribution in [0, 0.1) is 0 Å². The van der Waals surface area contributed by atoms with E-state index >= 15 is 0 Å². The van der Waals surface area contributed by atoms with Gasteiger partial charge >= 0.3 is 0 Å². The zero-order chi connectivity index (χ0) is 20.6. The van der Waals surface area contributed by atoms with Crippen molar-refractivity contribution in [1.29, 1.82) is 0 Å². The maximum absolute atomic E-state index is 5.98. The van der Waals surface area contributed by atoms with Gasteiger partial charge in [-0.05, 0) is 54.1 Å². The van der Waals surface area contributed by atoms with Crippen molar-refractivity contribution in [3.05, 3.63) is 78.6 Å². The standard InChI is InChI=1S/C24H18N4O3/c1-2-4-19-18(3-1)22-23(31-19)24(27-13-26-22)28-17-8-6-16(7-9-17)25-12-15-5-10-20-21(11-15)30-14-29-20/h1-11,13,25H,12,14H2,(H,26,27,28). The molecule has 3 heterocycles. The highest BCUT2D eigenvalue weighted by atomic mass is 16.7. The molecule has 0 atom stereocenters. The van der Waals surface area contributed by atoms with Gasteiger partial charge in [0.15, 0.2) is 22.9 Å². The highest BCUT2D eigenvalue weighted by Crippen LogP contribution is 2.33. The molecule has 1 aliphatic heterocycles. The van der Waals surface area contributed by atoms with Crippen molar-refractivity contribution in [2.45, 2.75) is 6.54 Å². The Morgan fingerprint density at radius 3 is 2.61 bits per heavy atom. The van der Waals surface area contributed by atoms with Crippen LogP contribution in [0.5, 0.6) is 11.5 Å². The van der Waals surface area contributed by atoms with Crippen LogP contribution in [0.1, 0.15) is 5.56 Å². The summed E-state index contributed by atoms with van der Waals surface area (Å²) < 4.78 is 16.8. The quantitative estimate of drug-likeness (QED) is 0.398. The first kappa shape index (κ1) is 17.6. The Morgan fingerprint density at radius 2 is 1.68 bits per heavy atom. The van der Waals surface area contributed by atoms with Crippen molar-refractivity contribution in [2.24, 2.45) is 0 Å². The number of hydrogen-bond acceptors (Lipinski definition) is 7. The molecule has 0 aliphatic carbocycles. The third-order valence-electron chi connectivity index (χ3n) is 5.24. The predicted octanol–water partition coefficient (Wildman–Crippen LogP) is 5.46. The first-order valence-corrected chi connectivity index (χ1v) is 9.95. The third kappa shape index (κ3) is 3.26. The monoisotopic (exact) mass is 410 g/mol. The van der Waals surface area contributed by atoms with Gasteiger partial charge in [0.2, 0.25) is 6.79 Å². The Labute approximate surface area is 177 Å². The molecular weight excluding hydrogens is 392 g/mol. The Bertz CT molecular complexity index is 1400. The number of anilines is 3. The number of aromatic nitrogens is 2. The minimum Gasteiger partial charge on any atom is -0.454 e. The van der Waals surface area contributed by atoms with E-state index in [0.29, 0.717) is 17.9 Å². The first-order chi connectivity index (χ1) is 15.3. The van der Waals surface area contributed by atoms with Gasteiger partial charge in [-0.25, -0.2) is 9.97 Å². The summed E-state index contributed by atoms with van der Waals surface area (Å²) in [5.74, 6) is 2.23. The fraction of sp³-hybridized carbons (Fsp3) is 0.0833. The summed E-state index contributed by atoms with van der Waals surface area (Å²) in [7, 11) is 0. The molecule has 2 N–H and O–H groups in total. The van der Waals surface area contributed by atoms with E-state index in [1.807, 2.05) is 66.7 Å². The van der Waals surface area contributed by atoms with E-state index in [0.717, 1.165) is 44.9 Å². The van der Waals surface area contributed by atoms with Gasteiger partial charge in [0, 0.05) is 23.3 Å². The lowest BCUT2D eigenvalue weighted by atomic mass is 10.2. The Hall–Kier alpha value is -4.26. The smallest absolute Gasteiger partial charge is 0.231 e. The topological polar surface area (TPSA) is 81.4 Å². The average Bonchev–Trinajstić information content (AvgIpc) is 3.43. The van der Waals surface area contributed by atoms with Gasteiger partial charge in [-0.2, -0.15) is 0 Å². The number of benzene rings is 3. The normalized spacial score (nSPS) is 12.4. The zero-order valence-corrected chi connectivity index (χ0v) is 16.5. The summed E-state index contributed by atoms with van der Waals surface area (Å²) in [6, 6.07) is 21.9. The molecule has 7 heteroatoms.